The first-order chi connectivity index (χ1) is 11.2. The van der Waals surface area contributed by atoms with Crippen LogP contribution in [0.2, 0.25) is 0 Å². The van der Waals surface area contributed by atoms with Crippen LogP contribution in [0, 0.1) is 5.92 Å². The first-order valence-corrected chi connectivity index (χ1v) is 8.53. The highest BCUT2D eigenvalue weighted by atomic mass is 16.7. The predicted molar refractivity (Wildman–Crippen MR) is 94.5 cm³/mol. The maximum absolute atomic E-state index is 12.6. The zero-order chi connectivity index (χ0) is 18.9. The van der Waals surface area contributed by atoms with Gasteiger partial charge in [-0.3, -0.25) is 9.59 Å². The summed E-state index contributed by atoms with van der Waals surface area (Å²) in [6.07, 6.45) is 0.711. The Morgan fingerprint density at radius 2 is 1.79 bits per heavy atom. The van der Waals surface area contributed by atoms with Gasteiger partial charge in [-0.25, -0.2) is 0 Å². The van der Waals surface area contributed by atoms with Crippen molar-refractivity contribution < 1.29 is 23.8 Å². The highest BCUT2D eigenvalue weighted by Crippen LogP contribution is 2.24. The Bertz CT molecular complexity index is 437. The Labute approximate surface area is 146 Å². The van der Waals surface area contributed by atoms with Gasteiger partial charge in [-0.05, 0) is 33.6 Å². The van der Waals surface area contributed by atoms with Crippen molar-refractivity contribution in [2.24, 2.45) is 10.9 Å². The molecule has 0 amide bonds. The van der Waals surface area contributed by atoms with Crippen LogP contribution in [-0.2, 0) is 23.8 Å². The Kier molecular flexibility index (Phi) is 10.2. The minimum atomic E-state index is -1.04. The Balaban J connectivity index is 5.10. The normalized spacial score (nSPS) is 19.5. The predicted octanol–water partition coefficient (Wildman–Crippen LogP) is 2.82. The van der Waals surface area contributed by atoms with E-state index in [1.165, 1.54) is 7.11 Å². The van der Waals surface area contributed by atoms with E-state index in [1.54, 1.807) is 41.0 Å². The lowest BCUT2D eigenvalue weighted by Crippen LogP contribution is -2.47. The van der Waals surface area contributed by atoms with Gasteiger partial charge >= 0.3 is 0 Å². The third kappa shape index (κ3) is 6.42. The number of aliphatic imine (C=N–C) groups is 1. The van der Waals surface area contributed by atoms with E-state index in [1.807, 2.05) is 13.8 Å². The first-order valence-electron chi connectivity index (χ1n) is 8.53. The van der Waals surface area contributed by atoms with Gasteiger partial charge in [0.25, 0.3) is 0 Å². The van der Waals surface area contributed by atoms with Crippen LogP contribution in [0.25, 0.3) is 0 Å². The van der Waals surface area contributed by atoms with Crippen LogP contribution in [0.15, 0.2) is 4.99 Å². The van der Waals surface area contributed by atoms with Gasteiger partial charge in [0.1, 0.15) is 17.8 Å². The van der Waals surface area contributed by atoms with Crippen LogP contribution in [0.3, 0.4) is 0 Å². The monoisotopic (exact) mass is 343 g/mol. The van der Waals surface area contributed by atoms with Crippen molar-refractivity contribution >= 4 is 17.8 Å². The summed E-state index contributed by atoms with van der Waals surface area (Å²) in [5.41, 5.74) is -1.04. The molecule has 0 heterocycles. The van der Waals surface area contributed by atoms with E-state index < -0.39 is 24.1 Å². The maximum atomic E-state index is 12.6. The van der Waals surface area contributed by atoms with Gasteiger partial charge in [-0.2, -0.15) is 0 Å². The van der Waals surface area contributed by atoms with Gasteiger partial charge < -0.3 is 19.2 Å². The van der Waals surface area contributed by atoms with Crippen LogP contribution in [-0.4, -0.2) is 56.0 Å². The summed E-state index contributed by atoms with van der Waals surface area (Å²) >= 11 is 0. The standard InChI is InChI=1S/C18H33NO5/c1-9-15(23-14(5)22-8)16(20)13(4)24-18(6,10-2)17(21)12(3)11-19-7/h11-15H,9-10H2,1-8H3. The fraction of sp³-hybridized carbons (Fsp3) is 0.833. The molecule has 0 aliphatic carbocycles. The van der Waals surface area contributed by atoms with Gasteiger partial charge in [-0.1, -0.05) is 20.8 Å². The van der Waals surface area contributed by atoms with Crippen LogP contribution >= 0.6 is 0 Å². The number of nitrogens with zero attached hydrogens (tertiary/aromatic N) is 1. The first kappa shape index (κ1) is 22.9. The summed E-state index contributed by atoms with van der Waals surface area (Å²) in [4.78, 5) is 29.1. The van der Waals surface area contributed by atoms with E-state index in [0.717, 1.165) is 0 Å². The molecule has 0 aliphatic heterocycles. The summed E-state index contributed by atoms with van der Waals surface area (Å²) in [6, 6.07) is 0. The molecule has 6 heteroatoms. The molecule has 0 aromatic rings. The van der Waals surface area contributed by atoms with Gasteiger partial charge in [0, 0.05) is 20.4 Å². The molecule has 0 saturated carbocycles. The van der Waals surface area contributed by atoms with Crippen molar-refractivity contribution in [1.82, 2.24) is 0 Å². The third-order valence-electron chi connectivity index (χ3n) is 4.20. The van der Waals surface area contributed by atoms with Gasteiger partial charge in [0.05, 0.1) is 5.92 Å². The molecule has 24 heavy (non-hydrogen) atoms. The van der Waals surface area contributed by atoms with Crippen molar-refractivity contribution in [2.75, 3.05) is 14.2 Å². The molecule has 0 aromatic carbocycles. The number of Topliss-reactive ketones (excluding diaryl/α,β-unsaturated/α-hetero) is 2. The summed E-state index contributed by atoms with van der Waals surface area (Å²) in [5, 5.41) is 0. The third-order valence-corrected chi connectivity index (χ3v) is 4.20. The van der Waals surface area contributed by atoms with E-state index >= 15 is 0 Å². The number of hydrogen-bond donors (Lipinski definition) is 0. The molecular weight excluding hydrogens is 310 g/mol. The smallest absolute Gasteiger partial charge is 0.190 e. The average molecular weight is 343 g/mol. The number of ether oxygens (including phenoxy) is 3. The molecule has 0 spiro atoms. The molecular formula is C18H33NO5. The lowest BCUT2D eigenvalue weighted by molar-refractivity contribution is -0.179. The molecule has 0 radical (unpaired) electrons. The largest absolute Gasteiger partial charge is 0.357 e. The van der Waals surface area contributed by atoms with E-state index in [0.29, 0.717) is 12.8 Å². The highest BCUT2D eigenvalue weighted by Gasteiger charge is 2.39. The minimum absolute atomic E-state index is 0.0884. The Morgan fingerprint density at radius 3 is 2.21 bits per heavy atom. The quantitative estimate of drug-likeness (QED) is 0.402. The minimum Gasteiger partial charge on any atom is -0.357 e. The number of carbonyl (C=O) groups is 2. The molecule has 5 unspecified atom stereocenters. The molecule has 0 rings (SSSR count). The van der Waals surface area contributed by atoms with Gasteiger partial charge in [0.2, 0.25) is 0 Å². The van der Waals surface area contributed by atoms with Crippen LogP contribution in [0.4, 0.5) is 0 Å². The average Bonchev–Trinajstić information content (AvgIpc) is 2.57. The lowest BCUT2D eigenvalue weighted by atomic mass is 9.89. The number of rotatable bonds is 12. The molecule has 140 valence electrons. The van der Waals surface area contributed by atoms with Crippen molar-refractivity contribution in [3.63, 3.8) is 0 Å². The van der Waals surface area contributed by atoms with E-state index in [9.17, 15) is 9.59 Å². The van der Waals surface area contributed by atoms with Crippen molar-refractivity contribution in [3.05, 3.63) is 0 Å². The van der Waals surface area contributed by atoms with E-state index in [-0.39, 0.29) is 17.5 Å². The Morgan fingerprint density at radius 1 is 1.21 bits per heavy atom. The Hall–Kier alpha value is -1.11. The molecule has 0 bridgehead atoms. The zero-order valence-electron chi connectivity index (χ0n) is 16.3. The SMILES string of the molecule is CCC(OC(C)OC)C(=O)C(C)OC(C)(CC)C(=O)C(C)C=NC. The molecule has 0 N–H and O–H groups in total. The lowest BCUT2D eigenvalue weighted by Gasteiger charge is -2.33. The summed E-state index contributed by atoms with van der Waals surface area (Å²) < 4.78 is 16.5. The molecule has 0 fully saturated rings. The van der Waals surface area contributed by atoms with Crippen LogP contribution in [0.5, 0.6) is 0 Å². The summed E-state index contributed by atoms with van der Waals surface area (Å²) in [5.74, 6) is -0.644. The zero-order valence-corrected chi connectivity index (χ0v) is 16.3. The number of ketones is 2. The fourth-order valence-corrected chi connectivity index (χ4v) is 2.45. The second-order valence-corrected chi connectivity index (χ2v) is 6.14. The van der Waals surface area contributed by atoms with Crippen LogP contribution < -0.4 is 0 Å². The molecule has 0 saturated heterocycles. The second-order valence-electron chi connectivity index (χ2n) is 6.14. The van der Waals surface area contributed by atoms with Crippen molar-refractivity contribution in [1.29, 1.82) is 0 Å². The van der Waals surface area contributed by atoms with Gasteiger partial charge in [-0.15, -0.1) is 0 Å². The number of carbonyl (C=O) groups excluding carboxylic acids is 2. The van der Waals surface area contributed by atoms with Crippen molar-refractivity contribution in [3.8, 4) is 0 Å². The van der Waals surface area contributed by atoms with Crippen LogP contribution in [0.1, 0.15) is 54.4 Å². The van der Waals surface area contributed by atoms with Gasteiger partial charge in [0.15, 0.2) is 17.9 Å². The number of hydrogen-bond acceptors (Lipinski definition) is 6. The molecule has 5 atom stereocenters. The van der Waals surface area contributed by atoms with Crippen molar-refractivity contribution in [2.45, 2.75) is 78.5 Å². The second kappa shape index (κ2) is 10.7. The number of methoxy groups -OCH3 is 1. The van der Waals surface area contributed by atoms with E-state index in [4.69, 9.17) is 14.2 Å². The summed E-state index contributed by atoms with van der Waals surface area (Å²) in [7, 11) is 3.14. The molecule has 0 aliphatic rings. The maximum Gasteiger partial charge on any atom is 0.190 e. The summed E-state index contributed by atoms with van der Waals surface area (Å²) in [6.45, 7) is 10.6. The topological polar surface area (TPSA) is 74.2 Å². The molecule has 0 aromatic heterocycles. The molecule has 6 nitrogen and oxygen atoms in total. The highest BCUT2D eigenvalue weighted by molar-refractivity contribution is 5.99. The fourth-order valence-electron chi connectivity index (χ4n) is 2.45. The van der Waals surface area contributed by atoms with E-state index in [2.05, 4.69) is 4.99 Å².